The van der Waals surface area contributed by atoms with Crippen LogP contribution in [0.1, 0.15) is 35.3 Å². The predicted molar refractivity (Wildman–Crippen MR) is 119 cm³/mol. The van der Waals surface area contributed by atoms with Gasteiger partial charge in [-0.15, -0.1) is 0 Å². The van der Waals surface area contributed by atoms with Crippen molar-refractivity contribution in [3.05, 3.63) is 77.4 Å². The molecule has 0 aliphatic heterocycles. The van der Waals surface area contributed by atoms with Crippen LogP contribution in [0.4, 0.5) is 0 Å². The first-order valence-electron chi connectivity index (χ1n) is 9.71. The molecule has 0 heterocycles. The van der Waals surface area contributed by atoms with Gasteiger partial charge in [-0.05, 0) is 42.5 Å². The van der Waals surface area contributed by atoms with E-state index in [-0.39, 0.29) is 24.2 Å². The number of carbonyl (C=O) groups is 1. The summed E-state index contributed by atoms with van der Waals surface area (Å²) in [4.78, 5) is 12.9. The van der Waals surface area contributed by atoms with Gasteiger partial charge in [-0.2, -0.15) is 0 Å². The summed E-state index contributed by atoms with van der Waals surface area (Å²) in [6.07, 6.45) is 0. The Morgan fingerprint density at radius 2 is 1.57 bits per heavy atom. The SMILES string of the molecule is COc1ccc(C(=O)NCc2ccccc2CS(=O)(=O)NC(C)C)c2ccccc12. The van der Waals surface area contributed by atoms with E-state index in [4.69, 9.17) is 4.74 Å². The fourth-order valence-corrected chi connectivity index (χ4v) is 4.89. The quantitative estimate of drug-likeness (QED) is 0.576. The fraction of sp³-hybridized carbons (Fsp3) is 0.261. The van der Waals surface area contributed by atoms with E-state index >= 15 is 0 Å². The van der Waals surface area contributed by atoms with E-state index in [9.17, 15) is 13.2 Å². The molecule has 0 aromatic heterocycles. The number of nitrogens with one attached hydrogen (secondary N) is 2. The third-order valence-electron chi connectivity index (χ3n) is 4.67. The number of carbonyl (C=O) groups excluding carboxylic acids is 1. The van der Waals surface area contributed by atoms with Crippen LogP contribution in [-0.4, -0.2) is 27.5 Å². The third-order valence-corrected chi connectivity index (χ3v) is 6.19. The lowest BCUT2D eigenvalue weighted by atomic mass is 10.0. The molecule has 0 unspecified atom stereocenters. The highest BCUT2D eigenvalue weighted by molar-refractivity contribution is 7.88. The smallest absolute Gasteiger partial charge is 0.252 e. The number of ether oxygens (including phenoxy) is 1. The Morgan fingerprint density at radius 1 is 0.933 bits per heavy atom. The lowest BCUT2D eigenvalue weighted by Gasteiger charge is -2.14. The van der Waals surface area contributed by atoms with Crippen LogP contribution in [-0.2, 0) is 22.3 Å². The van der Waals surface area contributed by atoms with E-state index in [2.05, 4.69) is 10.0 Å². The van der Waals surface area contributed by atoms with Crippen LogP contribution in [0.3, 0.4) is 0 Å². The minimum Gasteiger partial charge on any atom is -0.496 e. The Labute approximate surface area is 177 Å². The minimum absolute atomic E-state index is 0.136. The first kappa shape index (κ1) is 21.8. The Balaban J connectivity index is 1.80. The summed E-state index contributed by atoms with van der Waals surface area (Å²) in [6, 6.07) is 18.1. The van der Waals surface area contributed by atoms with E-state index in [0.29, 0.717) is 16.9 Å². The van der Waals surface area contributed by atoms with Gasteiger partial charge in [0.05, 0.1) is 12.9 Å². The number of hydrogen-bond donors (Lipinski definition) is 2. The maximum absolute atomic E-state index is 12.9. The average Bonchev–Trinajstić information content (AvgIpc) is 2.70. The van der Waals surface area contributed by atoms with Gasteiger partial charge in [0.15, 0.2) is 0 Å². The summed E-state index contributed by atoms with van der Waals surface area (Å²) in [5.74, 6) is 0.338. The van der Waals surface area contributed by atoms with Crippen molar-refractivity contribution in [1.29, 1.82) is 0 Å². The Bertz CT molecular complexity index is 1160. The molecule has 6 nitrogen and oxygen atoms in total. The van der Waals surface area contributed by atoms with Crippen LogP contribution < -0.4 is 14.8 Å². The second-order valence-electron chi connectivity index (χ2n) is 7.34. The van der Waals surface area contributed by atoms with Crippen molar-refractivity contribution in [2.75, 3.05) is 7.11 Å². The maximum Gasteiger partial charge on any atom is 0.252 e. The van der Waals surface area contributed by atoms with Crippen LogP contribution in [0.2, 0.25) is 0 Å². The largest absolute Gasteiger partial charge is 0.496 e. The minimum atomic E-state index is -3.46. The van der Waals surface area contributed by atoms with Crippen molar-refractivity contribution in [3.63, 3.8) is 0 Å². The standard InChI is InChI=1S/C23H26N2O4S/c1-16(2)25-30(27,28)15-18-9-5-4-8-17(18)14-24-23(26)21-12-13-22(29-3)20-11-7-6-10-19(20)21/h4-13,16,25H,14-15H2,1-3H3,(H,24,26). The van der Waals surface area contributed by atoms with Crippen molar-refractivity contribution >= 4 is 26.7 Å². The molecule has 158 valence electrons. The van der Waals surface area contributed by atoms with E-state index in [1.807, 2.05) is 36.4 Å². The third kappa shape index (κ3) is 5.17. The highest BCUT2D eigenvalue weighted by Gasteiger charge is 2.17. The van der Waals surface area contributed by atoms with Gasteiger partial charge in [0, 0.05) is 23.5 Å². The Kier molecular flexibility index (Phi) is 6.74. The monoisotopic (exact) mass is 426 g/mol. The molecule has 7 heteroatoms. The summed E-state index contributed by atoms with van der Waals surface area (Å²) < 4.78 is 32.6. The molecule has 3 aromatic carbocycles. The van der Waals surface area contributed by atoms with Crippen molar-refractivity contribution in [1.82, 2.24) is 10.0 Å². The zero-order valence-electron chi connectivity index (χ0n) is 17.3. The summed E-state index contributed by atoms with van der Waals surface area (Å²) in [6.45, 7) is 3.79. The molecule has 0 saturated heterocycles. The molecular weight excluding hydrogens is 400 g/mol. The average molecular weight is 427 g/mol. The molecule has 0 saturated carbocycles. The molecule has 0 bridgehead atoms. The number of amides is 1. The lowest BCUT2D eigenvalue weighted by molar-refractivity contribution is 0.0952. The summed E-state index contributed by atoms with van der Waals surface area (Å²) in [5.41, 5.74) is 1.96. The van der Waals surface area contributed by atoms with E-state index in [1.165, 1.54) is 0 Å². The van der Waals surface area contributed by atoms with Crippen molar-refractivity contribution in [2.24, 2.45) is 0 Å². The van der Waals surface area contributed by atoms with Crippen molar-refractivity contribution in [2.45, 2.75) is 32.2 Å². The zero-order chi connectivity index (χ0) is 21.7. The summed E-state index contributed by atoms with van der Waals surface area (Å²) in [7, 11) is -1.86. The molecule has 3 rings (SSSR count). The van der Waals surface area contributed by atoms with Gasteiger partial charge in [0.2, 0.25) is 10.0 Å². The highest BCUT2D eigenvalue weighted by Crippen LogP contribution is 2.28. The molecule has 0 aliphatic rings. The van der Waals surface area contributed by atoms with E-state index < -0.39 is 10.0 Å². The molecule has 0 aliphatic carbocycles. The van der Waals surface area contributed by atoms with Gasteiger partial charge in [-0.3, -0.25) is 4.79 Å². The Hall–Kier alpha value is -2.90. The van der Waals surface area contributed by atoms with Gasteiger partial charge in [0.1, 0.15) is 5.75 Å². The van der Waals surface area contributed by atoms with Crippen molar-refractivity contribution in [3.8, 4) is 5.75 Å². The van der Waals surface area contributed by atoms with Crippen LogP contribution in [0, 0.1) is 0 Å². The number of rotatable bonds is 8. The van der Waals surface area contributed by atoms with Gasteiger partial charge >= 0.3 is 0 Å². The van der Waals surface area contributed by atoms with Gasteiger partial charge in [0.25, 0.3) is 5.91 Å². The Morgan fingerprint density at radius 3 is 2.23 bits per heavy atom. The number of hydrogen-bond acceptors (Lipinski definition) is 4. The van der Waals surface area contributed by atoms with E-state index in [0.717, 1.165) is 16.3 Å². The second kappa shape index (κ2) is 9.28. The van der Waals surface area contributed by atoms with Gasteiger partial charge < -0.3 is 10.1 Å². The molecule has 0 atom stereocenters. The van der Waals surface area contributed by atoms with Crippen LogP contribution in [0.5, 0.6) is 5.75 Å². The van der Waals surface area contributed by atoms with Crippen LogP contribution >= 0.6 is 0 Å². The molecule has 2 N–H and O–H groups in total. The highest BCUT2D eigenvalue weighted by atomic mass is 32.2. The fourth-order valence-electron chi connectivity index (χ4n) is 3.39. The normalized spacial score (nSPS) is 11.6. The topological polar surface area (TPSA) is 84.5 Å². The second-order valence-corrected chi connectivity index (χ2v) is 9.10. The molecule has 0 radical (unpaired) electrons. The molecule has 30 heavy (non-hydrogen) atoms. The first-order valence-corrected chi connectivity index (χ1v) is 11.4. The number of fused-ring (bicyclic) bond motifs is 1. The summed E-state index contributed by atoms with van der Waals surface area (Å²) >= 11 is 0. The van der Waals surface area contributed by atoms with Gasteiger partial charge in [-0.25, -0.2) is 13.1 Å². The molecular formula is C23H26N2O4S. The number of methoxy groups -OCH3 is 1. The van der Waals surface area contributed by atoms with Crippen molar-refractivity contribution < 1.29 is 17.9 Å². The molecule has 3 aromatic rings. The molecule has 1 amide bonds. The maximum atomic E-state index is 12.9. The predicted octanol–water partition coefficient (Wildman–Crippen LogP) is 3.61. The van der Waals surface area contributed by atoms with Gasteiger partial charge in [-0.1, -0.05) is 48.5 Å². The van der Waals surface area contributed by atoms with Crippen LogP contribution in [0.25, 0.3) is 10.8 Å². The molecule has 0 spiro atoms. The van der Waals surface area contributed by atoms with E-state index in [1.54, 1.807) is 45.2 Å². The summed E-state index contributed by atoms with van der Waals surface area (Å²) in [5, 5.41) is 4.57. The number of benzene rings is 3. The lowest BCUT2D eigenvalue weighted by Crippen LogP contribution is -2.32. The zero-order valence-corrected chi connectivity index (χ0v) is 18.1. The first-order chi connectivity index (χ1) is 14.3. The number of sulfonamides is 1. The molecule has 0 fully saturated rings. The van der Waals surface area contributed by atoms with Crippen LogP contribution in [0.15, 0.2) is 60.7 Å².